The minimum Gasteiger partial charge on any atom is -0.478 e. The lowest BCUT2D eigenvalue weighted by Crippen LogP contribution is -2.11. The van der Waals surface area contributed by atoms with Gasteiger partial charge in [0.1, 0.15) is 5.56 Å². The SMILES string of the molecule is CCOc1[nH]ncc1C(N)=O. The summed E-state index contributed by atoms with van der Waals surface area (Å²) in [6.45, 7) is 2.29. The molecule has 0 saturated carbocycles. The Kier molecular flexibility index (Phi) is 2.10. The zero-order chi connectivity index (χ0) is 8.27. The molecule has 1 aromatic heterocycles. The van der Waals surface area contributed by atoms with Crippen LogP contribution in [-0.2, 0) is 0 Å². The first-order valence-corrected chi connectivity index (χ1v) is 3.21. The summed E-state index contributed by atoms with van der Waals surface area (Å²) in [6, 6.07) is 0. The van der Waals surface area contributed by atoms with Crippen molar-refractivity contribution in [3.05, 3.63) is 11.8 Å². The molecule has 1 rings (SSSR count). The summed E-state index contributed by atoms with van der Waals surface area (Å²) in [5, 5.41) is 6.13. The molecular formula is C6H9N3O2. The molecule has 1 amide bonds. The van der Waals surface area contributed by atoms with Gasteiger partial charge in [-0.1, -0.05) is 0 Å². The fourth-order valence-electron chi connectivity index (χ4n) is 0.704. The summed E-state index contributed by atoms with van der Waals surface area (Å²) in [7, 11) is 0. The molecule has 60 valence electrons. The van der Waals surface area contributed by atoms with Gasteiger partial charge in [-0.3, -0.25) is 4.79 Å². The molecule has 1 aromatic rings. The third-order valence-corrected chi connectivity index (χ3v) is 1.16. The van der Waals surface area contributed by atoms with Gasteiger partial charge < -0.3 is 10.5 Å². The number of nitrogens with two attached hydrogens (primary N) is 1. The first-order valence-electron chi connectivity index (χ1n) is 3.21. The van der Waals surface area contributed by atoms with Crippen LogP contribution in [0.3, 0.4) is 0 Å². The lowest BCUT2D eigenvalue weighted by Gasteiger charge is -1.98. The number of nitrogens with zero attached hydrogens (tertiary/aromatic N) is 1. The molecule has 0 aliphatic carbocycles. The van der Waals surface area contributed by atoms with E-state index in [0.29, 0.717) is 12.5 Å². The maximum atomic E-state index is 10.6. The summed E-state index contributed by atoms with van der Waals surface area (Å²) >= 11 is 0. The van der Waals surface area contributed by atoms with Crippen molar-refractivity contribution in [1.29, 1.82) is 0 Å². The molecule has 5 heteroatoms. The van der Waals surface area contributed by atoms with Gasteiger partial charge in [-0.05, 0) is 6.92 Å². The number of nitrogens with one attached hydrogen (secondary N) is 1. The Balaban J connectivity index is 2.87. The average molecular weight is 155 g/mol. The average Bonchev–Trinajstić information content (AvgIpc) is 2.36. The predicted octanol–water partition coefficient (Wildman–Crippen LogP) is -0.0927. The Morgan fingerprint density at radius 3 is 3.18 bits per heavy atom. The van der Waals surface area contributed by atoms with Crippen molar-refractivity contribution in [1.82, 2.24) is 10.2 Å². The highest BCUT2D eigenvalue weighted by molar-refractivity contribution is 5.94. The van der Waals surface area contributed by atoms with Crippen molar-refractivity contribution in [2.24, 2.45) is 5.73 Å². The number of hydrogen-bond donors (Lipinski definition) is 2. The predicted molar refractivity (Wildman–Crippen MR) is 38.3 cm³/mol. The molecule has 1 heterocycles. The van der Waals surface area contributed by atoms with Gasteiger partial charge in [-0.2, -0.15) is 5.10 Å². The van der Waals surface area contributed by atoms with Gasteiger partial charge >= 0.3 is 0 Å². The number of H-pyrrole nitrogens is 1. The summed E-state index contributed by atoms with van der Waals surface area (Å²) < 4.78 is 5.02. The number of aromatic amines is 1. The van der Waals surface area contributed by atoms with Crippen LogP contribution < -0.4 is 10.5 Å². The topological polar surface area (TPSA) is 81.0 Å². The molecule has 0 aromatic carbocycles. The molecule has 0 bridgehead atoms. The maximum absolute atomic E-state index is 10.6. The van der Waals surface area contributed by atoms with Crippen LogP contribution in [0, 0.1) is 0 Å². The Morgan fingerprint density at radius 1 is 1.91 bits per heavy atom. The van der Waals surface area contributed by atoms with E-state index in [9.17, 15) is 4.79 Å². The Hall–Kier alpha value is -1.52. The fourth-order valence-corrected chi connectivity index (χ4v) is 0.704. The van der Waals surface area contributed by atoms with Gasteiger partial charge in [0.05, 0.1) is 12.8 Å². The van der Waals surface area contributed by atoms with E-state index in [1.165, 1.54) is 6.20 Å². The monoisotopic (exact) mass is 155 g/mol. The van der Waals surface area contributed by atoms with Crippen molar-refractivity contribution in [2.75, 3.05) is 6.61 Å². The maximum Gasteiger partial charge on any atom is 0.255 e. The second kappa shape index (κ2) is 3.05. The van der Waals surface area contributed by atoms with Gasteiger partial charge in [0.25, 0.3) is 5.91 Å². The minimum absolute atomic E-state index is 0.284. The highest BCUT2D eigenvalue weighted by atomic mass is 16.5. The molecule has 0 saturated heterocycles. The minimum atomic E-state index is -0.540. The number of primary amides is 1. The highest BCUT2D eigenvalue weighted by Gasteiger charge is 2.10. The van der Waals surface area contributed by atoms with Gasteiger partial charge in [0.2, 0.25) is 5.88 Å². The van der Waals surface area contributed by atoms with E-state index in [-0.39, 0.29) is 5.56 Å². The summed E-state index contributed by atoms with van der Waals surface area (Å²) in [6.07, 6.45) is 1.34. The largest absolute Gasteiger partial charge is 0.478 e. The van der Waals surface area contributed by atoms with E-state index in [0.717, 1.165) is 0 Å². The number of rotatable bonds is 3. The molecule has 0 radical (unpaired) electrons. The van der Waals surface area contributed by atoms with Crippen molar-refractivity contribution in [2.45, 2.75) is 6.92 Å². The number of aromatic nitrogens is 2. The van der Waals surface area contributed by atoms with E-state index in [2.05, 4.69) is 10.2 Å². The highest BCUT2D eigenvalue weighted by Crippen LogP contribution is 2.11. The van der Waals surface area contributed by atoms with Gasteiger partial charge in [0, 0.05) is 0 Å². The summed E-state index contributed by atoms with van der Waals surface area (Å²) in [5.74, 6) is -0.206. The zero-order valence-corrected chi connectivity index (χ0v) is 6.13. The standard InChI is InChI=1S/C6H9N3O2/c1-2-11-6-4(5(7)10)3-8-9-6/h3H,2H2,1H3,(H2,7,10)(H,8,9). The van der Waals surface area contributed by atoms with Gasteiger partial charge in [0.15, 0.2) is 0 Å². The Morgan fingerprint density at radius 2 is 2.64 bits per heavy atom. The van der Waals surface area contributed by atoms with Gasteiger partial charge in [-0.25, -0.2) is 5.10 Å². The molecule has 0 unspecified atom stereocenters. The van der Waals surface area contributed by atoms with E-state index >= 15 is 0 Å². The summed E-state index contributed by atoms with van der Waals surface area (Å²) in [4.78, 5) is 10.6. The van der Waals surface area contributed by atoms with Crippen LogP contribution in [0.25, 0.3) is 0 Å². The van der Waals surface area contributed by atoms with Crippen molar-refractivity contribution in [3.63, 3.8) is 0 Å². The molecule has 0 atom stereocenters. The van der Waals surface area contributed by atoms with E-state index < -0.39 is 5.91 Å². The van der Waals surface area contributed by atoms with Crippen LogP contribution in [0.5, 0.6) is 5.88 Å². The lowest BCUT2D eigenvalue weighted by molar-refractivity contribution is 0.0996. The first-order chi connectivity index (χ1) is 5.25. The number of ether oxygens (including phenoxy) is 1. The van der Waals surface area contributed by atoms with Crippen molar-refractivity contribution < 1.29 is 9.53 Å². The Labute approximate surface area is 63.5 Å². The normalized spacial score (nSPS) is 9.55. The molecule has 0 spiro atoms. The molecule has 0 fully saturated rings. The molecule has 11 heavy (non-hydrogen) atoms. The fraction of sp³-hybridized carbons (Fsp3) is 0.333. The third kappa shape index (κ3) is 1.49. The molecule has 0 aliphatic heterocycles. The number of amides is 1. The van der Waals surface area contributed by atoms with E-state index in [4.69, 9.17) is 10.5 Å². The smallest absolute Gasteiger partial charge is 0.255 e. The second-order valence-corrected chi connectivity index (χ2v) is 1.91. The molecule has 5 nitrogen and oxygen atoms in total. The van der Waals surface area contributed by atoms with Gasteiger partial charge in [-0.15, -0.1) is 0 Å². The number of carbonyl (C=O) groups excluding carboxylic acids is 1. The third-order valence-electron chi connectivity index (χ3n) is 1.16. The van der Waals surface area contributed by atoms with E-state index in [1.54, 1.807) is 0 Å². The van der Waals surface area contributed by atoms with Crippen LogP contribution in [-0.4, -0.2) is 22.7 Å². The van der Waals surface area contributed by atoms with Crippen molar-refractivity contribution in [3.8, 4) is 5.88 Å². The van der Waals surface area contributed by atoms with Crippen LogP contribution >= 0.6 is 0 Å². The molecular weight excluding hydrogens is 146 g/mol. The van der Waals surface area contributed by atoms with Crippen molar-refractivity contribution >= 4 is 5.91 Å². The molecule has 0 aliphatic rings. The lowest BCUT2D eigenvalue weighted by atomic mass is 10.3. The summed E-state index contributed by atoms with van der Waals surface area (Å²) in [5.41, 5.74) is 5.29. The quantitative estimate of drug-likeness (QED) is 0.639. The van der Waals surface area contributed by atoms with Crippen LogP contribution in [0.2, 0.25) is 0 Å². The zero-order valence-electron chi connectivity index (χ0n) is 6.13. The Bertz CT molecular complexity index is 256. The molecule has 3 N–H and O–H groups in total. The van der Waals surface area contributed by atoms with Crippen LogP contribution in [0.1, 0.15) is 17.3 Å². The number of hydrogen-bond acceptors (Lipinski definition) is 3. The number of carbonyl (C=O) groups is 1. The first kappa shape index (κ1) is 7.59. The van der Waals surface area contributed by atoms with Crippen LogP contribution in [0.4, 0.5) is 0 Å². The second-order valence-electron chi connectivity index (χ2n) is 1.91. The van der Waals surface area contributed by atoms with E-state index in [1.807, 2.05) is 6.92 Å². The van der Waals surface area contributed by atoms with Crippen LogP contribution in [0.15, 0.2) is 6.20 Å².